The predicted octanol–water partition coefficient (Wildman–Crippen LogP) is 5.68. The number of Topliss-reactive ketones (excluding diaryl/α,β-unsaturated/α-hetero) is 1. The first-order valence-electron chi connectivity index (χ1n) is 7.96. The van der Waals surface area contributed by atoms with Gasteiger partial charge in [0.2, 0.25) is 0 Å². The van der Waals surface area contributed by atoms with Crippen LogP contribution in [0.5, 0.6) is 0 Å². The van der Waals surface area contributed by atoms with Crippen molar-refractivity contribution < 1.29 is 15.3 Å². The van der Waals surface area contributed by atoms with E-state index in [1.54, 1.807) is 6.92 Å². The molecule has 19 heavy (non-hydrogen) atoms. The van der Waals surface area contributed by atoms with Crippen LogP contribution in [-0.2, 0) is 4.79 Å². The van der Waals surface area contributed by atoms with Gasteiger partial charge in [-0.25, -0.2) is 0 Å². The fourth-order valence-electron chi connectivity index (χ4n) is 2.21. The SMILES string of the molecule is CCCCCCCCCCCCCCC(C)=O.OO. The summed E-state index contributed by atoms with van der Waals surface area (Å²) < 4.78 is 0. The summed E-state index contributed by atoms with van der Waals surface area (Å²) in [5.41, 5.74) is 0. The monoisotopic (exact) mass is 274 g/mol. The van der Waals surface area contributed by atoms with Gasteiger partial charge in [-0.15, -0.1) is 0 Å². The van der Waals surface area contributed by atoms with Crippen LogP contribution >= 0.6 is 0 Å². The van der Waals surface area contributed by atoms with Crippen molar-refractivity contribution in [2.45, 2.75) is 97.3 Å². The third kappa shape index (κ3) is 23.1. The highest BCUT2D eigenvalue weighted by Gasteiger charge is 1.95. The van der Waals surface area contributed by atoms with Crippen LogP contribution in [0, 0.1) is 0 Å². The molecular formula is C16H34O3. The Kier molecular flexibility index (Phi) is 21.9. The fraction of sp³-hybridized carbons (Fsp3) is 0.938. The molecule has 0 aromatic carbocycles. The molecule has 116 valence electrons. The molecule has 0 bridgehead atoms. The molecule has 0 saturated heterocycles. The van der Waals surface area contributed by atoms with E-state index in [1.165, 1.54) is 70.6 Å². The molecule has 0 heterocycles. The molecule has 0 aromatic rings. The molecule has 0 aliphatic carbocycles. The van der Waals surface area contributed by atoms with Crippen molar-refractivity contribution in [3.05, 3.63) is 0 Å². The molecule has 0 amide bonds. The summed E-state index contributed by atoms with van der Waals surface area (Å²) in [5.74, 6) is 0.345. The Morgan fingerprint density at radius 2 is 1.00 bits per heavy atom. The van der Waals surface area contributed by atoms with Crippen molar-refractivity contribution in [3.8, 4) is 0 Å². The van der Waals surface area contributed by atoms with Crippen LogP contribution in [0.25, 0.3) is 0 Å². The van der Waals surface area contributed by atoms with Gasteiger partial charge in [0, 0.05) is 6.42 Å². The summed E-state index contributed by atoms with van der Waals surface area (Å²) in [6.45, 7) is 3.96. The predicted molar refractivity (Wildman–Crippen MR) is 81.6 cm³/mol. The lowest BCUT2D eigenvalue weighted by atomic mass is 10.0. The molecule has 0 fully saturated rings. The minimum atomic E-state index is 0.345. The van der Waals surface area contributed by atoms with E-state index >= 15 is 0 Å². The van der Waals surface area contributed by atoms with Crippen LogP contribution < -0.4 is 0 Å². The maximum atomic E-state index is 10.7. The summed E-state index contributed by atoms with van der Waals surface area (Å²) in [4.78, 5) is 10.7. The summed E-state index contributed by atoms with van der Waals surface area (Å²) in [5, 5.41) is 12.0. The lowest BCUT2D eigenvalue weighted by molar-refractivity contribution is -0.176. The topological polar surface area (TPSA) is 57.5 Å². The molecular weight excluding hydrogens is 240 g/mol. The van der Waals surface area contributed by atoms with Gasteiger partial charge in [-0.2, -0.15) is 0 Å². The summed E-state index contributed by atoms with van der Waals surface area (Å²) in [6, 6.07) is 0. The average molecular weight is 274 g/mol. The Labute approximate surface area is 119 Å². The number of carbonyl (C=O) groups is 1. The zero-order chi connectivity index (χ0) is 14.8. The molecule has 0 atom stereocenters. The highest BCUT2D eigenvalue weighted by atomic mass is 17.0. The first-order chi connectivity index (χ1) is 9.27. The van der Waals surface area contributed by atoms with Gasteiger partial charge in [-0.05, 0) is 13.3 Å². The number of unbranched alkanes of at least 4 members (excludes halogenated alkanes) is 11. The molecule has 0 spiro atoms. The first kappa shape index (κ1) is 20.9. The molecule has 0 saturated carbocycles. The lowest BCUT2D eigenvalue weighted by Crippen LogP contribution is -1.89. The van der Waals surface area contributed by atoms with Crippen LogP contribution in [0.4, 0.5) is 0 Å². The zero-order valence-electron chi connectivity index (χ0n) is 13.0. The van der Waals surface area contributed by atoms with E-state index in [0.29, 0.717) is 5.78 Å². The number of carbonyl (C=O) groups excluding carboxylic acids is 1. The minimum absolute atomic E-state index is 0.345. The number of rotatable bonds is 13. The molecule has 0 rings (SSSR count). The van der Waals surface area contributed by atoms with E-state index in [0.717, 1.165) is 12.8 Å². The maximum Gasteiger partial charge on any atom is 0.129 e. The van der Waals surface area contributed by atoms with Gasteiger partial charge >= 0.3 is 0 Å². The standard InChI is InChI=1S/C16H32O.H2O2/c1-3-4-5-6-7-8-9-10-11-12-13-14-15-16(2)17;1-2/h3-15H2,1-2H3;1-2H. The molecule has 0 aliphatic rings. The fourth-order valence-corrected chi connectivity index (χ4v) is 2.21. The van der Waals surface area contributed by atoms with Gasteiger partial charge in [-0.1, -0.05) is 77.6 Å². The van der Waals surface area contributed by atoms with E-state index in [4.69, 9.17) is 10.5 Å². The average Bonchev–Trinajstić information content (AvgIpc) is 2.42. The number of hydrogen-bond donors (Lipinski definition) is 2. The van der Waals surface area contributed by atoms with E-state index in [-0.39, 0.29) is 0 Å². The van der Waals surface area contributed by atoms with Crippen molar-refractivity contribution in [2.24, 2.45) is 0 Å². The summed E-state index contributed by atoms with van der Waals surface area (Å²) >= 11 is 0. The Hall–Kier alpha value is -0.410. The van der Waals surface area contributed by atoms with Crippen LogP contribution in [0.3, 0.4) is 0 Å². The van der Waals surface area contributed by atoms with E-state index in [1.807, 2.05) is 0 Å². The Morgan fingerprint density at radius 3 is 1.32 bits per heavy atom. The molecule has 0 aliphatic heterocycles. The van der Waals surface area contributed by atoms with Crippen molar-refractivity contribution >= 4 is 5.78 Å². The minimum Gasteiger partial charge on any atom is -0.300 e. The molecule has 2 N–H and O–H groups in total. The zero-order valence-corrected chi connectivity index (χ0v) is 13.0. The van der Waals surface area contributed by atoms with E-state index < -0.39 is 0 Å². The van der Waals surface area contributed by atoms with Gasteiger partial charge in [-0.3, -0.25) is 10.5 Å². The maximum absolute atomic E-state index is 10.7. The molecule has 3 heteroatoms. The Bertz CT molecular complexity index is 169. The van der Waals surface area contributed by atoms with E-state index in [2.05, 4.69) is 6.92 Å². The normalized spacial score (nSPS) is 9.89. The van der Waals surface area contributed by atoms with Crippen LogP contribution in [0.15, 0.2) is 0 Å². The van der Waals surface area contributed by atoms with Gasteiger partial charge in [0.1, 0.15) is 5.78 Å². The second-order valence-electron chi connectivity index (χ2n) is 5.34. The largest absolute Gasteiger partial charge is 0.300 e. The van der Waals surface area contributed by atoms with Crippen molar-refractivity contribution in [2.75, 3.05) is 0 Å². The second-order valence-corrected chi connectivity index (χ2v) is 5.34. The highest BCUT2D eigenvalue weighted by Crippen LogP contribution is 2.12. The number of ketones is 1. The smallest absolute Gasteiger partial charge is 0.129 e. The van der Waals surface area contributed by atoms with Crippen LogP contribution in [0.2, 0.25) is 0 Å². The van der Waals surface area contributed by atoms with Crippen LogP contribution in [0.1, 0.15) is 97.3 Å². The second kappa shape index (κ2) is 19.9. The third-order valence-corrected chi connectivity index (χ3v) is 3.38. The summed E-state index contributed by atoms with van der Waals surface area (Å²) in [6.07, 6.45) is 17.1. The van der Waals surface area contributed by atoms with Gasteiger partial charge < -0.3 is 4.79 Å². The van der Waals surface area contributed by atoms with Crippen molar-refractivity contribution in [3.63, 3.8) is 0 Å². The summed E-state index contributed by atoms with van der Waals surface area (Å²) in [7, 11) is 0. The molecule has 0 unspecified atom stereocenters. The van der Waals surface area contributed by atoms with Gasteiger partial charge in [0.05, 0.1) is 0 Å². The highest BCUT2D eigenvalue weighted by molar-refractivity contribution is 5.75. The van der Waals surface area contributed by atoms with E-state index in [9.17, 15) is 4.79 Å². The lowest BCUT2D eigenvalue weighted by Gasteiger charge is -2.02. The molecule has 0 aromatic heterocycles. The quantitative estimate of drug-likeness (QED) is 0.258. The molecule has 3 nitrogen and oxygen atoms in total. The van der Waals surface area contributed by atoms with Crippen LogP contribution in [-0.4, -0.2) is 16.3 Å². The molecule has 0 radical (unpaired) electrons. The Balaban J connectivity index is 0. The third-order valence-electron chi connectivity index (χ3n) is 3.38. The van der Waals surface area contributed by atoms with Crippen molar-refractivity contribution in [1.29, 1.82) is 0 Å². The number of hydrogen-bond acceptors (Lipinski definition) is 3. The van der Waals surface area contributed by atoms with Crippen molar-refractivity contribution in [1.82, 2.24) is 0 Å². The van der Waals surface area contributed by atoms with Gasteiger partial charge in [0.15, 0.2) is 0 Å². The van der Waals surface area contributed by atoms with Gasteiger partial charge in [0.25, 0.3) is 0 Å². The Morgan fingerprint density at radius 1 is 0.684 bits per heavy atom. The first-order valence-corrected chi connectivity index (χ1v) is 7.96.